The first kappa shape index (κ1) is 23.8. The van der Waals surface area contributed by atoms with Crippen LogP contribution in [0.1, 0.15) is 40.5 Å². The highest BCUT2D eigenvalue weighted by Gasteiger charge is 2.29. The molecule has 0 aliphatic heterocycles. The molecule has 0 heterocycles. The Morgan fingerprint density at radius 2 is 1.88 bits per heavy atom. The summed E-state index contributed by atoms with van der Waals surface area (Å²) in [5, 5.41) is 10.0. The first-order valence-electron chi connectivity index (χ1n) is 8.49. The zero-order chi connectivity index (χ0) is 20.3. The number of nitrogens with zero attached hydrogens (tertiary/aromatic N) is 1. The number of amides is 2. The zero-order valence-electron chi connectivity index (χ0n) is 16.0. The number of esters is 1. The van der Waals surface area contributed by atoms with Crippen LogP contribution in [0.15, 0.2) is 36.5 Å². The third-order valence-electron chi connectivity index (χ3n) is 3.15. The minimum absolute atomic E-state index is 0.0184. The molecule has 0 aromatic rings. The number of hydrogen-bond donors (Lipinski definition) is 1. The average Bonchev–Trinajstić information content (AvgIpc) is 2.59. The SMILES string of the molecule is C=CC(=O)N(C(=O)C(C)=CC(=C)C(=O)OCCCC)C(O)OCC(C)C. The molecule has 146 valence electrons. The lowest BCUT2D eigenvalue weighted by Gasteiger charge is -2.25. The molecular formula is C19H29NO6. The van der Waals surface area contributed by atoms with Crippen molar-refractivity contribution >= 4 is 17.8 Å². The van der Waals surface area contributed by atoms with Gasteiger partial charge in [0.15, 0.2) is 0 Å². The van der Waals surface area contributed by atoms with Gasteiger partial charge < -0.3 is 14.6 Å². The Labute approximate surface area is 155 Å². The highest BCUT2D eigenvalue weighted by atomic mass is 16.6. The lowest BCUT2D eigenvalue weighted by molar-refractivity contribution is -0.201. The van der Waals surface area contributed by atoms with Crippen molar-refractivity contribution in [1.82, 2.24) is 4.90 Å². The fraction of sp³-hybridized carbons (Fsp3) is 0.526. The summed E-state index contributed by atoms with van der Waals surface area (Å²) >= 11 is 0. The van der Waals surface area contributed by atoms with Crippen LogP contribution in [-0.2, 0) is 23.9 Å². The second-order valence-corrected chi connectivity index (χ2v) is 6.11. The lowest BCUT2D eigenvalue weighted by atomic mass is 10.1. The monoisotopic (exact) mass is 367 g/mol. The Morgan fingerprint density at radius 3 is 2.38 bits per heavy atom. The summed E-state index contributed by atoms with van der Waals surface area (Å²) in [6.45, 7) is 14.3. The normalized spacial score (nSPS) is 12.5. The minimum atomic E-state index is -1.76. The summed E-state index contributed by atoms with van der Waals surface area (Å²) in [5.74, 6) is -2.21. The first-order chi connectivity index (χ1) is 12.1. The molecule has 0 aliphatic rings. The molecule has 1 atom stereocenters. The maximum atomic E-state index is 12.5. The van der Waals surface area contributed by atoms with Gasteiger partial charge in [-0.25, -0.2) is 9.69 Å². The number of rotatable bonds is 11. The van der Waals surface area contributed by atoms with E-state index in [-0.39, 0.29) is 30.3 Å². The molecule has 0 aliphatic carbocycles. The van der Waals surface area contributed by atoms with Crippen molar-refractivity contribution in [1.29, 1.82) is 0 Å². The lowest BCUT2D eigenvalue weighted by Crippen LogP contribution is -2.46. The van der Waals surface area contributed by atoms with E-state index in [0.29, 0.717) is 4.90 Å². The van der Waals surface area contributed by atoms with Gasteiger partial charge in [-0.05, 0) is 31.4 Å². The summed E-state index contributed by atoms with van der Waals surface area (Å²) in [7, 11) is 0. The highest BCUT2D eigenvalue weighted by Crippen LogP contribution is 2.12. The second-order valence-electron chi connectivity index (χ2n) is 6.11. The Bertz CT molecular complexity index is 564. The van der Waals surface area contributed by atoms with Crippen molar-refractivity contribution in [3.05, 3.63) is 36.5 Å². The third-order valence-corrected chi connectivity index (χ3v) is 3.15. The Kier molecular flexibility index (Phi) is 11.1. The van der Waals surface area contributed by atoms with E-state index >= 15 is 0 Å². The number of aliphatic hydroxyl groups excluding tert-OH is 1. The van der Waals surface area contributed by atoms with E-state index in [1.165, 1.54) is 13.0 Å². The van der Waals surface area contributed by atoms with Crippen molar-refractivity contribution in [2.24, 2.45) is 5.92 Å². The molecule has 0 saturated heterocycles. The Balaban J connectivity index is 5.18. The molecule has 26 heavy (non-hydrogen) atoms. The van der Waals surface area contributed by atoms with Crippen molar-refractivity contribution in [3.63, 3.8) is 0 Å². The molecular weight excluding hydrogens is 338 g/mol. The number of ether oxygens (including phenoxy) is 2. The van der Waals surface area contributed by atoms with Crippen LogP contribution in [0, 0.1) is 5.92 Å². The van der Waals surface area contributed by atoms with Gasteiger partial charge in [0.2, 0.25) is 6.41 Å². The fourth-order valence-corrected chi connectivity index (χ4v) is 1.73. The van der Waals surface area contributed by atoms with E-state index in [9.17, 15) is 19.5 Å². The van der Waals surface area contributed by atoms with Gasteiger partial charge >= 0.3 is 5.97 Å². The van der Waals surface area contributed by atoms with Crippen molar-refractivity contribution in [3.8, 4) is 0 Å². The van der Waals surface area contributed by atoms with E-state index < -0.39 is 24.2 Å². The van der Waals surface area contributed by atoms with Crippen LogP contribution in [0.3, 0.4) is 0 Å². The van der Waals surface area contributed by atoms with Gasteiger partial charge in [-0.3, -0.25) is 9.59 Å². The molecule has 0 aromatic carbocycles. The van der Waals surface area contributed by atoms with Gasteiger partial charge in [0.1, 0.15) is 0 Å². The van der Waals surface area contributed by atoms with Crippen LogP contribution in [0.5, 0.6) is 0 Å². The molecule has 7 heteroatoms. The van der Waals surface area contributed by atoms with Crippen molar-refractivity contribution in [2.45, 2.75) is 47.0 Å². The van der Waals surface area contributed by atoms with Crippen molar-refractivity contribution < 1.29 is 29.0 Å². The molecule has 1 unspecified atom stereocenters. The third kappa shape index (κ3) is 8.22. The van der Waals surface area contributed by atoms with Crippen LogP contribution in [-0.4, -0.2) is 47.4 Å². The van der Waals surface area contributed by atoms with Gasteiger partial charge in [0.25, 0.3) is 11.8 Å². The largest absolute Gasteiger partial charge is 0.462 e. The predicted molar refractivity (Wildman–Crippen MR) is 97.6 cm³/mol. The van der Waals surface area contributed by atoms with Crippen LogP contribution >= 0.6 is 0 Å². The van der Waals surface area contributed by atoms with E-state index in [1.807, 2.05) is 20.8 Å². The number of carbonyl (C=O) groups excluding carboxylic acids is 3. The van der Waals surface area contributed by atoms with Gasteiger partial charge in [-0.1, -0.05) is 40.3 Å². The number of imide groups is 1. The molecule has 2 amide bonds. The summed E-state index contributed by atoms with van der Waals surface area (Å²) in [5.41, 5.74) is -0.0135. The van der Waals surface area contributed by atoms with Gasteiger partial charge in [0.05, 0.1) is 18.8 Å². The number of carbonyl (C=O) groups is 3. The van der Waals surface area contributed by atoms with Crippen LogP contribution < -0.4 is 0 Å². The van der Waals surface area contributed by atoms with E-state index in [0.717, 1.165) is 18.9 Å². The summed E-state index contributed by atoms with van der Waals surface area (Å²) < 4.78 is 10.1. The topological polar surface area (TPSA) is 93.1 Å². The van der Waals surface area contributed by atoms with Gasteiger partial charge in [0, 0.05) is 5.57 Å². The number of hydrogen-bond acceptors (Lipinski definition) is 6. The Morgan fingerprint density at radius 1 is 1.27 bits per heavy atom. The molecule has 7 nitrogen and oxygen atoms in total. The molecule has 1 N–H and O–H groups in total. The van der Waals surface area contributed by atoms with Gasteiger partial charge in [-0.2, -0.15) is 0 Å². The molecule has 0 radical (unpaired) electrons. The molecule has 0 fully saturated rings. The van der Waals surface area contributed by atoms with Crippen LogP contribution in [0.2, 0.25) is 0 Å². The molecule has 0 saturated carbocycles. The van der Waals surface area contributed by atoms with Crippen LogP contribution in [0.4, 0.5) is 0 Å². The summed E-state index contributed by atoms with van der Waals surface area (Å²) in [6, 6.07) is 0. The predicted octanol–water partition coefficient (Wildman–Crippen LogP) is 2.32. The molecule has 0 rings (SSSR count). The molecule has 0 aromatic heterocycles. The number of aliphatic hydroxyl groups is 1. The van der Waals surface area contributed by atoms with E-state index in [1.54, 1.807) is 0 Å². The quantitative estimate of drug-likeness (QED) is 0.198. The van der Waals surface area contributed by atoms with Gasteiger partial charge in [-0.15, -0.1) is 0 Å². The average molecular weight is 367 g/mol. The zero-order valence-corrected chi connectivity index (χ0v) is 16.0. The molecule has 0 spiro atoms. The van der Waals surface area contributed by atoms with Crippen LogP contribution in [0.25, 0.3) is 0 Å². The molecule has 0 bridgehead atoms. The van der Waals surface area contributed by atoms with E-state index in [2.05, 4.69) is 13.2 Å². The second kappa shape index (κ2) is 12.2. The summed E-state index contributed by atoms with van der Waals surface area (Å²) in [6.07, 6.45) is 1.93. The number of unbranched alkanes of at least 4 members (excludes halogenated alkanes) is 1. The fourth-order valence-electron chi connectivity index (χ4n) is 1.73. The first-order valence-corrected chi connectivity index (χ1v) is 8.49. The maximum Gasteiger partial charge on any atom is 0.337 e. The van der Waals surface area contributed by atoms with Crippen molar-refractivity contribution in [2.75, 3.05) is 13.2 Å². The Hall–Kier alpha value is -2.25. The highest BCUT2D eigenvalue weighted by molar-refractivity contribution is 6.08. The van der Waals surface area contributed by atoms with E-state index in [4.69, 9.17) is 9.47 Å². The minimum Gasteiger partial charge on any atom is -0.462 e. The summed E-state index contributed by atoms with van der Waals surface area (Å²) in [4.78, 5) is 36.8. The smallest absolute Gasteiger partial charge is 0.337 e. The standard InChI is InChI=1S/C19H29NO6/c1-7-9-10-25-18(23)15(6)11-14(5)17(22)20(16(21)8-2)19(24)26-12-13(3)4/h8,11,13,19,24H,2,6-7,9-10,12H2,1,3-5H3. The maximum absolute atomic E-state index is 12.5.